The molecule has 0 aliphatic carbocycles. The van der Waals surface area contributed by atoms with Crippen molar-refractivity contribution < 1.29 is 9.63 Å². The minimum atomic E-state index is -0.194. The molecular formula is C28H32N4O2. The number of urea groups is 1. The van der Waals surface area contributed by atoms with Gasteiger partial charge in [0.2, 0.25) is 0 Å². The third kappa shape index (κ3) is 5.95. The molecule has 6 heteroatoms. The second-order valence-corrected chi connectivity index (χ2v) is 8.76. The number of anilines is 2. The molecule has 4 rings (SSSR count). The van der Waals surface area contributed by atoms with Crippen molar-refractivity contribution in [3.05, 3.63) is 95.6 Å². The Morgan fingerprint density at radius 3 is 2.32 bits per heavy atom. The SMILES string of the molecule is CCc1ccc(NC(=O)N(Cc2ccccc2)CC2CC(c3ccc(N(C)C)cc3)=NO2)cc1. The number of oxime groups is 1. The molecule has 34 heavy (non-hydrogen) atoms. The van der Waals surface area contributed by atoms with Gasteiger partial charge in [-0.1, -0.05) is 66.7 Å². The van der Waals surface area contributed by atoms with Crippen LogP contribution in [0.25, 0.3) is 0 Å². The molecule has 0 aromatic heterocycles. The summed E-state index contributed by atoms with van der Waals surface area (Å²) in [5, 5.41) is 7.37. The molecule has 0 saturated heterocycles. The number of carbonyl (C=O) groups excluding carboxylic acids is 1. The van der Waals surface area contributed by atoms with E-state index in [1.54, 1.807) is 4.90 Å². The van der Waals surface area contributed by atoms with Gasteiger partial charge >= 0.3 is 6.03 Å². The van der Waals surface area contributed by atoms with Gasteiger partial charge in [-0.2, -0.15) is 0 Å². The van der Waals surface area contributed by atoms with E-state index in [4.69, 9.17) is 4.84 Å². The minimum Gasteiger partial charge on any atom is -0.390 e. The minimum absolute atomic E-state index is 0.152. The number of aryl methyl sites for hydroxylation is 1. The summed E-state index contributed by atoms with van der Waals surface area (Å²) in [5.41, 5.74) is 6.18. The van der Waals surface area contributed by atoms with E-state index in [2.05, 4.69) is 46.6 Å². The Balaban J connectivity index is 1.43. The van der Waals surface area contributed by atoms with E-state index in [1.807, 2.05) is 68.7 Å². The first-order chi connectivity index (χ1) is 16.5. The van der Waals surface area contributed by atoms with Crippen LogP contribution in [0.1, 0.15) is 30.0 Å². The third-order valence-corrected chi connectivity index (χ3v) is 5.99. The van der Waals surface area contributed by atoms with Crippen LogP contribution in [0.15, 0.2) is 84.0 Å². The van der Waals surface area contributed by atoms with Crippen LogP contribution in [-0.4, -0.2) is 43.4 Å². The molecule has 6 nitrogen and oxygen atoms in total. The highest BCUT2D eigenvalue weighted by Crippen LogP contribution is 2.21. The molecule has 1 atom stereocenters. The predicted molar refractivity (Wildman–Crippen MR) is 138 cm³/mol. The lowest BCUT2D eigenvalue weighted by Gasteiger charge is -2.25. The van der Waals surface area contributed by atoms with Crippen LogP contribution in [0.3, 0.4) is 0 Å². The molecule has 2 amide bonds. The first-order valence-corrected chi connectivity index (χ1v) is 11.7. The maximum atomic E-state index is 13.2. The van der Waals surface area contributed by atoms with Crippen molar-refractivity contribution in [1.29, 1.82) is 0 Å². The van der Waals surface area contributed by atoms with E-state index in [-0.39, 0.29) is 12.1 Å². The van der Waals surface area contributed by atoms with Crippen molar-refractivity contribution in [2.24, 2.45) is 5.16 Å². The fourth-order valence-electron chi connectivity index (χ4n) is 3.94. The summed E-state index contributed by atoms with van der Waals surface area (Å²) >= 11 is 0. The molecule has 0 saturated carbocycles. The van der Waals surface area contributed by atoms with E-state index < -0.39 is 0 Å². The van der Waals surface area contributed by atoms with Gasteiger partial charge in [-0.15, -0.1) is 0 Å². The second-order valence-electron chi connectivity index (χ2n) is 8.76. The van der Waals surface area contributed by atoms with E-state index in [1.165, 1.54) is 5.56 Å². The molecule has 1 N–H and O–H groups in total. The summed E-state index contributed by atoms with van der Waals surface area (Å²) < 4.78 is 0. The number of benzene rings is 3. The first kappa shape index (κ1) is 23.4. The van der Waals surface area contributed by atoms with Gasteiger partial charge in [0.05, 0.1) is 12.3 Å². The molecule has 1 aliphatic heterocycles. The topological polar surface area (TPSA) is 57.2 Å². The monoisotopic (exact) mass is 456 g/mol. The Morgan fingerprint density at radius 1 is 0.971 bits per heavy atom. The number of nitrogens with one attached hydrogen (secondary N) is 1. The van der Waals surface area contributed by atoms with Crippen LogP contribution < -0.4 is 10.2 Å². The molecule has 1 heterocycles. The zero-order valence-electron chi connectivity index (χ0n) is 20.1. The highest BCUT2D eigenvalue weighted by molar-refractivity contribution is 6.01. The Hall–Kier alpha value is -3.80. The quantitative estimate of drug-likeness (QED) is 0.484. The lowest BCUT2D eigenvalue weighted by Crippen LogP contribution is -2.40. The zero-order valence-corrected chi connectivity index (χ0v) is 20.1. The summed E-state index contributed by atoms with van der Waals surface area (Å²) in [6, 6.07) is 26.1. The molecule has 0 bridgehead atoms. The molecule has 176 valence electrons. The van der Waals surface area contributed by atoms with Crippen molar-refractivity contribution in [2.45, 2.75) is 32.4 Å². The van der Waals surface area contributed by atoms with Gasteiger partial charge in [-0.3, -0.25) is 0 Å². The Bertz CT molecular complexity index is 1110. The summed E-state index contributed by atoms with van der Waals surface area (Å²) in [7, 11) is 4.04. The molecular weight excluding hydrogens is 424 g/mol. The van der Waals surface area contributed by atoms with Crippen LogP contribution in [0.2, 0.25) is 0 Å². The van der Waals surface area contributed by atoms with Gasteiger partial charge in [-0.25, -0.2) is 4.79 Å². The molecule has 0 spiro atoms. The molecule has 0 radical (unpaired) electrons. The number of rotatable bonds is 8. The summed E-state index contributed by atoms with van der Waals surface area (Å²) in [4.78, 5) is 22.8. The van der Waals surface area contributed by atoms with Crippen LogP contribution in [0.4, 0.5) is 16.2 Å². The lowest BCUT2D eigenvalue weighted by atomic mass is 10.0. The van der Waals surface area contributed by atoms with Crippen LogP contribution in [0.5, 0.6) is 0 Å². The Labute approximate surface area is 201 Å². The Kier molecular flexibility index (Phi) is 7.48. The molecule has 3 aromatic rings. The van der Waals surface area contributed by atoms with E-state index >= 15 is 0 Å². The predicted octanol–water partition coefficient (Wildman–Crippen LogP) is 5.54. The highest BCUT2D eigenvalue weighted by Gasteiger charge is 2.27. The van der Waals surface area contributed by atoms with Gasteiger partial charge < -0.3 is 20.0 Å². The standard InChI is InChI=1S/C28H32N4O2/c1-4-21-10-14-24(15-11-21)29-28(33)32(19-22-8-6-5-7-9-22)20-26-18-27(30-34-26)23-12-16-25(17-13-23)31(2)3/h5-17,26H,4,18-20H2,1-3H3,(H,29,33). The summed E-state index contributed by atoms with van der Waals surface area (Å²) in [6.45, 7) is 3.05. The van der Waals surface area contributed by atoms with Crippen molar-refractivity contribution in [3.63, 3.8) is 0 Å². The van der Waals surface area contributed by atoms with Gasteiger partial charge in [-0.05, 0) is 47.4 Å². The van der Waals surface area contributed by atoms with Crippen molar-refractivity contribution >= 4 is 23.1 Å². The summed E-state index contributed by atoms with van der Waals surface area (Å²) in [6.07, 6.45) is 1.43. The third-order valence-electron chi connectivity index (χ3n) is 5.99. The maximum absolute atomic E-state index is 13.2. The van der Waals surface area contributed by atoms with Gasteiger partial charge in [0.15, 0.2) is 6.10 Å². The highest BCUT2D eigenvalue weighted by atomic mass is 16.6. The van der Waals surface area contributed by atoms with Gasteiger partial charge in [0, 0.05) is 38.4 Å². The molecule has 1 unspecified atom stereocenters. The maximum Gasteiger partial charge on any atom is 0.322 e. The van der Waals surface area contributed by atoms with Gasteiger partial charge in [0.1, 0.15) is 0 Å². The normalized spacial score (nSPS) is 14.8. The average Bonchev–Trinajstić information content (AvgIpc) is 3.33. The molecule has 1 aliphatic rings. The second kappa shape index (κ2) is 10.9. The van der Waals surface area contributed by atoms with Crippen molar-refractivity contribution in [3.8, 4) is 0 Å². The van der Waals surface area contributed by atoms with Crippen molar-refractivity contribution in [1.82, 2.24) is 4.90 Å². The van der Waals surface area contributed by atoms with E-state index in [9.17, 15) is 4.79 Å². The smallest absolute Gasteiger partial charge is 0.322 e. The average molecular weight is 457 g/mol. The number of hydrogen-bond donors (Lipinski definition) is 1. The Morgan fingerprint density at radius 2 is 1.68 bits per heavy atom. The van der Waals surface area contributed by atoms with Crippen LogP contribution >= 0.6 is 0 Å². The fraction of sp³-hybridized carbons (Fsp3) is 0.286. The largest absolute Gasteiger partial charge is 0.390 e. The fourth-order valence-corrected chi connectivity index (χ4v) is 3.94. The number of carbonyl (C=O) groups is 1. The van der Waals surface area contributed by atoms with Crippen LogP contribution in [-0.2, 0) is 17.8 Å². The van der Waals surface area contributed by atoms with Crippen LogP contribution in [0, 0.1) is 0 Å². The van der Waals surface area contributed by atoms with E-state index in [0.717, 1.165) is 34.6 Å². The number of nitrogens with zero attached hydrogens (tertiary/aromatic N) is 3. The lowest BCUT2D eigenvalue weighted by molar-refractivity contribution is 0.0608. The molecule has 0 fully saturated rings. The first-order valence-electron chi connectivity index (χ1n) is 11.7. The summed E-state index contributed by atoms with van der Waals surface area (Å²) in [5.74, 6) is 0. The zero-order chi connectivity index (χ0) is 23.9. The molecule has 3 aromatic carbocycles. The number of amides is 2. The van der Waals surface area contributed by atoms with Gasteiger partial charge in [0.25, 0.3) is 0 Å². The number of hydrogen-bond acceptors (Lipinski definition) is 4. The van der Waals surface area contributed by atoms with E-state index in [0.29, 0.717) is 19.5 Å². The van der Waals surface area contributed by atoms with Crippen molar-refractivity contribution in [2.75, 3.05) is 30.9 Å².